The number of hydrogen-bond donors (Lipinski definition) is 0. The fourth-order valence-corrected chi connectivity index (χ4v) is 2.95. The van der Waals surface area contributed by atoms with Gasteiger partial charge in [-0.3, -0.25) is 0 Å². The van der Waals surface area contributed by atoms with Crippen molar-refractivity contribution in [1.82, 2.24) is 14.8 Å². The lowest BCUT2D eigenvalue weighted by molar-refractivity contribution is 0.414. The largest absolute Gasteiger partial charge is 0.496 e. The lowest BCUT2D eigenvalue weighted by atomic mass is 10.1. The maximum atomic E-state index is 9.62. The van der Waals surface area contributed by atoms with E-state index in [4.69, 9.17) is 4.74 Å². The Kier molecular flexibility index (Phi) is 4.42. The second-order valence-corrected chi connectivity index (χ2v) is 5.82. The molecule has 0 fully saturated rings. The summed E-state index contributed by atoms with van der Waals surface area (Å²) in [7, 11) is 1.64. The van der Waals surface area contributed by atoms with Crippen molar-refractivity contribution in [2.75, 3.05) is 7.11 Å². The molecule has 1 aromatic carbocycles. The van der Waals surface area contributed by atoms with Gasteiger partial charge in [0, 0.05) is 18.5 Å². The summed E-state index contributed by atoms with van der Waals surface area (Å²) < 4.78 is 7.49. The summed E-state index contributed by atoms with van der Waals surface area (Å²) in [5.74, 6) is 2.39. The normalized spacial score (nSPS) is 14.7. The minimum atomic E-state index is 0.523. The van der Waals surface area contributed by atoms with Crippen LogP contribution in [0.25, 0.3) is 11.6 Å². The Morgan fingerprint density at radius 2 is 2.17 bits per heavy atom. The molecule has 0 N–H and O–H groups in total. The van der Waals surface area contributed by atoms with Crippen molar-refractivity contribution in [2.45, 2.75) is 39.2 Å². The average Bonchev–Trinajstić information content (AvgIpc) is 2.81. The van der Waals surface area contributed by atoms with Gasteiger partial charge in [-0.05, 0) is 38.0 Å². The van der Waals surface area contributed by atoms with Gasteiger partial charge >= 0.3 is 0 Å². The van der Waals surface area contributed by atoms with E-state index >= 15 is 0 Å². The highest BCUT2D eigenvalue weighted by Gasteiger charge is 2.18. The molecule has 0 spiro atoms. The van der Waals surface area contributed by atoms with Crippen LogP contribution in [-0.2, 0) is 13.0 Å². The summed E-state index contributed by atoms with van der Waals surface area (Å²) in [4.78, 5) is 0. The molecule has 0 amide bonds. The van der Waals surface area contributed by atoms with Crippen LogP contribution in [0.1, 0.15) is 42.0 Å². The molecule has 1 aliphatic rings. The molecule has 0 radical (unpaired) electrons. The number of benzene rings is 1. The van der Waals surface area contributed by atoms with E-state index in [0.717, 1.165) is 48.5 Å². The van der Waals surface area contributed by atoms with Crippen molar-refractivity contribution < 1.29 is 4.74 Å². The highest BCUT2D eigenvalue weighted by molar-refractivity contribution is 5.88. The Labute approximate surface area is 136 Å². The number of aromatic nitrogens is 3. The molecule has 0 aliphatic carbocycles. The number of nitriles is 1. The summed E-state index contributed by atoms with van der Waals surface area (Å²) in [6.07, 6.45) is 6.20. The lowest BCUT2D eigenvalue weighted by Gasteiger charge is -2.08. The molecule has 1 aliphatic heterocycles. The van der Waals surface area contributed by atoms with Gasteiger partial charge in [0.05, 0.1) is 12.7 Å². The number of aryl methyl sites for hydroxylation is 2. The van der Waals surface area contributed by atoms with Crippen LogP contribution in [0, 0.1) is 18.3 Å². The summed E-state index contributed by atoms with van der Waals surface area (Å²) in [5, 5.41) is 18.2. The van der Waals surface area contributed by atoms with Crippen LogP contribution < -0.4 is 4.74 Å². The SMILES string of the molecule is COc1ccc(C)cc1C=C(C#N)c1nnc2n1CCCCC2. The van der Waals surface area contributed by atoms with Crippen LogP contribution >= 0.6 is 0 Å². The van der Waals surface area contributed by atoms with Crippen molar-refractivity contribution in [3.63, 3.8) is 0 Å². The van der Waals surface area contributed by atoms with E-state index in [9.17, 15) is 5.26 Å². The third kappa shape index (κ3) is 3.11. The zero-order valence-corrected chi connectivity index (χ0v) is 13.5. The fourth-order valence-electron chi connectivity index (χ4n) is 2.95. The molecule has 2 heterocycles. The molecule has 0 bridgehead atoms. The topological polar surface area (TPSA) is 63.7 Å². The molecule has 0 saturated carbocycles. The monoisotopic (exact) mass is 308 g/mol. The van der Waals surface area contributed by atoms with E-state index in [1.54, 1.807) is 7.11 Å². The number of nitrogens with zero attached hydrogens (tertiary/aromatic N) is 4. The third-order valence-electron chi connectivity index (χ3n) is 4.16. The molecule has 3 rings (SSSR count). The standard InChI is InChI=1S/C18H20N4O/c1-13-7-8-16(23-2)14(10-13)11-15(12-19)18-21-20-17-6-4-3-5-9-22(17)18/h7-8,10-11H,3-6,9H2,1-2H3. The first-order valence-corrected chi connectivity index (χ1v) is 7.92. The Bertz CT molecular complexity index is 783. The molecular weight excluding hydrogens is 288 g/mol. The number of methoxy groups -OCH3 is 1. The maximum Gasteiger partial charge on any atom is 0.174 e. The van der Waals surface area contributed by atoms with E-state index in [0.29, 0.717) is 11.4 Å². The molecule has 0 unspecified atom stereocenters. The van der Waals surface area contributed by atoms with E-state index in [1.807, 2.05) is 31.2 Å². The van der Waals surface area contributed by atoms with Gasteiger partial charge in [0.2, 0.25) is 0 Å². The minimum absolute atomic E-state index is 0.523. The second kappa shape index (κ2) is 6.66. The predicted octanol–water partition coefficient (Wildman–Crippen LogP) is 3.39. The van der Waals surface area contributed by atoms with E-state index in [-0.39, 0.29) is 0 Å². The molecule has 1 aromatic heterocycles. The molecule has 0 saturated heterocycles. The van der Waals surface area contributed by atoms with Crippen LogP contribution in [-0.4, -0.2) is 21.9 Å². The Morgan fingerprint density at radius 1 is 1.30 bits per heavy atom. The zero-order chi connectivity index (χ0) is 16.2. The predicted molar refractivity (Wildman–Crippen MR) is 88.8 cm³/mol. The Morgan fingerprint density at radius 3 is 2.96 bits per heavy atom. The summed E-state index contributed by atoms with van der Waals surface area (Å²) in [6.45, 7) is 2.90. The first-order valence-electron chi connectivity index (χ1n) is 7.92. The summed E-state index contributed by atoms with van der Waals surface area (Å²) >= 11 is 0. The molecule has 5 nitrogen and oxygen atoms in total. The van der Waals surface area contributed by atoms with Crippen LogP contribution in [0.15, 0.2) is 18.2 Å². The molecule has 118 valence electrons. The molecule has 2 aromatic rings. The van der Waals surface area contributed by atoms with Crippen molar-refractivity contribution in [3.8, 4) is 11.8 Å². The quantitative estimate of drug-likeness (QED) is 0.815. The number of allylic oxidation sites excluding steroid dienone is 1. The smallest absolute Gasteiger partial charge is 0.174 e. The maximum absolute atomic E-state index is 9.62. The van der Waals surface area contributed by atoms with Gasteiger partial charge in [0.25, 0.3) is 0 Å². The number of fused-ring (bicyclic) bond motifs is 1. The lowest BCUT2D eigenvalue weighted by Crippen LogP contribution is -2.05. The van der Waals surface area contributed by atoms with Gasteiger partial charge in [-0.2, -0.15) is 5.26 Å². The average molecular weight is 308 g/mol. The first-order chi connectivity index (χ1) is 11.2. The van der Waals surface area contributed by atoms with Crippen molar-refractivity contribution >= 4 is 11.6 Å². The van der Waals surface area contributed by atoms with Crippen molar-refractivity contribution in [3.05, 3.63) is 41.0 Å². The highest BCUT2D eigenvalue weighted by Crippen LogP contribution is 2.26. The zero-order valence-electron chi connectivity index (χ0n) is 13.5. The molecule has 5 heteroatoms. The van der Waals surface area contributed by atoms with E-state index in [2.05, 4.69) is 20.8 Å². The van der Waals surface area contributed by atoms with Gasteiger partial charge in [-0.15, -0.1) is 10.2 Å². The number of ether oxygens (including phenoxy) is 1. The Balaban J connectivity index is 2.06. The van der Waals surface area contributed by atoms with Crippen LogP contribution in [0.5, 0.6) is 5.75 Å². The van der Waals surface area contributed by atoms with Gasteiger partial charge < -0.3 is 9.30 Å². The first kappa shape index (κ1) is 15.3. The minimum Gasteiger partial charge on any atom is -0.496 e. The van der Waals surface area contributed by atoms with Gasteiger partial charge in [0.1, 0.15) is 17.6 Å². The van der Waals surface area contributed by atoms with E-state index in [1.165, 1.54) is 6.42 Å². The van der Waals surface area contributed by atoms with Gasteiger partial charge in [0.15, 0.2) is 5.82 Å². The fraction of sp³-hybridized carbons (Fsp3) is 0.389. The van der Waals surface area contributed by atoms with Crippen molar-refractivity contribution in [2.24, 2.45) is 0 Å². The van der Waals surface area contributed by atoms with Crippen LogP contribution in [0.3, 0.4) is 0 Å². The summed E-state index contributed by atoms with van der Waals surface area (Å²) in [5.41, 5.74) is 2.53. The molecule has 0 atom stereocenters. The van der Waals surface area contributed by atoms with Gasteiger partial charge in [-0.1, -0.05) is 18.1 Å². The van der Waals surface area contributed by atoms with Crippen LogP contribution in [0.4, 0.5) is 0 Å². The van der Waals surface area contributed by atoms with Crippen molar-refractivity contribution in [1.29, 1.82) is 5.26 Å². The van der Waals surface area contributed by atoms with E-state index < -0.39 is 0 Å². The number of rotatable bonds is 3. The number of hydrogen-bond acceptors (Lipinski definition) is 4. The molecule has 23 heavy (non-hydrogen) atoms. The Hall–Kier alpha value is -2.61. The van der Waals surface area contributed by atoms with Crippen LogP contribution in [0.2, 0.25) is 0 Å². The third-order valence-corrected chi connectivity index (χ3v) is 4.16. The second-order valence-electron chi connectivity index (χ2n) is 5.82. The highest BCUT2D eigenvalue weighted by atomic mass is 16.5. The van der Waals surface area contributed by atoms with Gasteiger partial charge in [-0.25, -0.2) is 0 Å². The molecular formula is C18H20N4O. The summed E-state index contributed by atoms with van der Waals surface area (Å²) in [6, 6.07) is 8.19.